The molecule has 1 aliphatic carbocycles. The molecule has 0 spiro atoms. The molecule has 12 heteroatoms. The number of likely N-dealkylation sites (N-methyl/N-ethyl adjacent to an activating group) is 1. The third-order valence-electron chi connectivity index (χ3n) is 11.7. The Morgan fingerprint density at radius 1 is 0.944 bits per heavy atom. The Labute approximate surface area is 323 Å². The normalized spacial score (nSPS) is 21.0. The van der Waals surface area contributed by atoms with Crippen molar-refractivity contribution in [3.8, 4) is 11.5 Å². The van der Waals surface area contributed by atoms with Gasteiger partial charge in [-0.15, -0.1) is 0 Å². The first-order chi connectivity index (χ1) is 26.0. The van der Waals surface area contributed by atoms with Crippen LogP contribution in [0.2, 0.25) is 5.02 Å². The molecule has 1 aromatic heterocycles. The van der Waals surface area contributed by atoms with Crippen molar-refractivity contribution < 1.29 is 28.7 Å². The minimum atomic E-state index is -0.672. The quantitative estimate of drug-likeness (QED) is 0.173. The monoisotopic (exact) mass is 761 g/mol. The molecule has 11 nitrogen and oxygen atoms in total. The van der Waals surface area contributed by atoms with Crippen molar-refractivity contribution in [3.63, 3.8) is 0 Å². The fourth-order valence-electron chi connectivity index (χ4n) is 8.82. The lowest BCUT2D eigenvalue weighted by molar-refractivity contribution is -0.140. The molecule has 3 heterocycles. The van der Waals surface area contributed by atoms with Crippen LogP contribution in [0.5, 0.6) is 11.5 Å². The second kappa shape index (κ2) is 17.9. The lowest BCUT2D eigenvalue weighted by Crippen LogP contribution is -2.56. The van der Waals surface area contributed by atoms with Gasteiger partial charge in [0.15, 0.2) is 11.5 Å². The van der Waals surface area contributed by atoms with Gasteiger partial charge in [-0.3, -0.25) is 19.2 Å². The third-order valence-corrected chi connectivity index (χ3v) is 11.9. The average molecular weight is 762 g/mol. The molecule has 3 unspecified atom stereocenters. The van der Waals surface area contributed by atoms with Crippen LogP contribution in [0, 0.1) is 23.7 Å². The number of ether oxygens (including phenoxy) is 2. The predicted molar refractivity (Wildman–Crippen MR) is 210 cm³/mol. The summed E-state index contributed by atoms with van der Waals surface area (Å²) in [6.07, 6.45) is 12.0. The summed E-state index contributed by atoms with van der Waals surface area (Å²) >= 11 is 6.20. The number of H-pyrrole nitrogens is 1. The van der Waals surface area contributed by atoms with Gasteiger partial charge >= 0.3 is 0 Å². The highest BCUT2D eigenvalue weighted by molar-refractivity contribution is 6.31. The van der Waals surface area contributed by atoms with E-state index in [2.05, 4.69) is 15.6 Å². The number of piperidine rings is 1. The smallest absolute Gasteiger partial charge is 0.254 e. The first-order valence-corrected chi connectivity index (χ1v) is 20.1. The molecule has 3 fully saturated rings. The fourth-order valence-corrected chi connectivity index (χ4v) is 8.99. The van der Waals surface area contributed by atoms with Crippen molar-refractivity contribution >= 4 is 46.1 Å². The van der Waals surface area contributed by atoms with Gasteiger partial charge in [0.2, 0.25) is 17.7 Å². The van der Waals surface area contributed by atoms with Crippen LogP contribution in [0.1, 0.15) is 87.6 Å². The van der Waals surface area contributed by atoms with Gasteiger partial charge in [0.1, 0.15) is 6.04 Å². The van der Waals surface area contributed by atoms with E-state index in [0.717, 1.165) is 29.3 Å². The van der Waals surface area contributed by atoms with E-state index in [1.165, 1.54) is 38.5 Å². The fraction of sp³-hybridized carbons (Fsp3) is 0.571. The van der Waals surface area contributed by atoms with Gasteiger partial charge in [0.25, 0.3) is 5.91 Å². The van der Waals surface area contributed by atoms with Gasteiger partial charge in [-0.2, -0.15) is 0 Å². The number of nitrogens with one attached hydrogen (secondary N) is 3. The number of methoxy groups -OCH3 is 1. The number of carbonyl (C=O) groups excluding carboxylic acids is 4. The van der Waals surface area contributed by atoms with Gasteiger partial charge in [0, 0.05) is 60.9 Å². The van der Waals surface area contributed by atoms with E-state index < -0.39 is 12.0 Å². The molecule has 3 N–H and O–H groups in total. The molecular formula is C42H56ClN5O6. The molecule has 0 radical (unpaired) electrons. The summed E-state index contributed by atoms with van der Waals surface area (Å²) in [4.78, 5) is 62.3. The molecule has 3 aliphatic rings. The molecule has 3 aromatic rings. The van der Waals surface area contributed by atoms with Crippen LogP contribution in [0.15, 0.2) is 42.6 Å². The molecule has 292 valence electrons. The van der Waals surface area contributed by atoms with E-state index >= 15 is 0 Å². The molecule has 2 saturated heterocycles. The lowest BCUT2D eigenvalue weighted by atomic mass is 9.79. The lowest BCUT2D eigenvalue weighted by Gasteiger charge is -2.40. The molecular weight excluding hydrogens is 706 g/mol. The van der Waals surface area contributed by atoms with Crippen molar-refractivity contribution in [2.24, 2.45) is 23.7 Å². The zero-order valence-corrected chi connectivity index (χ0v) is 32.9. The van der Waals surface area contributed by atoms with Gasteiger partial charge < -0.3 is 34.9 Å². The molecule has 2 aromatic carbocycles. The number of aromatic nitrogens is 1. The predicted octanol–water partition coefficient (Wildman–Crippen LogP) is 6.38. The summed E-state index contributed by atoms with van der Waals surface area (Å²) in [7, 11) is 3.14. The molecule has 2 aliphatic heterocycles. The van der Waals surface area contributed by atoms with Crippen molar-refractivity contribution in [1.29, 1.82) is 0 Å². The van der Waals surface area contributed by atoms with Crippen molar-refractivity contribution in [1.82, 2.24) is 25.4 Å². The Morgan fingerprint density at radius 3 is 2.43 bits per heavy atom. The second-order valence-corrected chi connectivity index (χ2v) is 16.2. The molecule has 6 rings (SSSR count). The topological polar surface area (TPSA) is 133 Å². The number of fused-ring (bicyclic) bond motifs is 2. The molecule has 0 bridgehead atoms. The second-order valence-electron chi connectivity index (χ2n) is 15.7. The average Bonchev–Trinajstić information content (AvgIpc) is 3.67. The minimum absolute atomic E-state index is 0.0603. The maximum atomic E-state index is 14.3. The van der Waals surface area contributed by atoms with Gasteiger partial charge in [-0.05, 0) is 73.9 Å². The zero-order chi connectivity index (χ0) is 38.4. The van der Waals surface area contributed by atoms with E-state index in [1.54, 1.807) is 42.2 Å². The minimum Gasteiger partial charge on any atom is -0.493 e. The Bertz CT molecular complexity index is 1800. The Balaban J connectivity index is 1.20. The van der Waals surface area contributed by atoms with Gasteiger partial charge in [-0.1, -0.05) is 69.0 Å². The number of aromatic amines is 1. The Hall–Kier alpha value is -4.25. The van der Waals surface area contributed by atoms with E-state index in [1.807, 2.05) is 38.2 Å². The van der Waals surface area contributed by atoms with Crippen LogP contribution in [0.25, 0.3) is 10.9 Å². The highest BCUT2D eigenvalue weighted by atomic mass is 35.5. The number of hydrogen-bond acceptors (Lipinski definition) is 6. The van der Waals surface area contributed by atoms with Gasteiger partial charge in [-0.25, -0.2) is 0 Å². The summed E-state index contributed by atoms with van der Waals surface area (Å²) in [5.41, 5.74) is 2.17. The molecule has 4 atom stereocenters. The maximum Gasteiger partial charge on any atom is 0.254 e. The first kappa shape index (κ1) is 39.4. The Morgan fingerprint density at radius 2 is 1.70 bits per heavy atom. The van der Waals surface area contributed by atoms with E-state index in [9.17, 15) is 19.2 Å². The SMILES string of the molecule is CNC(=O)[C@@H](CCCC1CCCCCC1)NC(=O)C1CN(C(=O)Cc2c[nH]c3cc(Cl)ccc23)CC2CN(C(=O)c3ccc(OC(C)C)c(OC)c3)CC21. The number of carbonyl (C=O) groups is 4. The van der Waals surface area contributed by atoms with Crippen LogP contribution in [-0.2, 0) is 20.8 Å². The van der Waals surface area contributed by atoms with Crippen molar-refractivity contribution in [2.45, 2.75) is 90.2 Å². The highest BCUT2D eigenvalue weighted by Gasteiger charge is 2.48. The summed E-state index contributed by atoms with van der Waals surface area (Å²) < 4.78 is 11.4. The number of amides is 4. The standard InChI is InChI=1S/C42H56ClN5O6/c1-26(2)54-37-17-14-28(18-38(37)53-4)42(52)48-23-30-22-47(39(49)19-29-21-45-36-20-31(43)15-16-32(29)36)25-34(33(30)24-48)40(50)46-35(41(51)44-3)13-9-12-27-10-7-5-6-8-11-27/h14-18,20-21,26-27,30,33-35,45H,5-13,19,22-25H2,1-4H3,(H,44,51)(H,46,50)/t30?,33?,34?,35-/m1/s1. The summed E-state index contributed by atoms with van der Waals surface area (Å²) in [5, 5.41) is 7.39. The van der Waals surface area contributed by atoms with Crippen LogP contribution in [0.3, 0.4) is 0 Å². The third kappa shape index (κ3) is 9.33. The summed E-state index contributed by atoms with van der Waals surface area (Å²) in [5.74, 6) is 0.0589. The van der Waals surface area contributed by atoms with Crippen molar-refractivity contribution in [3.05, 3.63) is 58.7 Å². The van der Waals surface area contributed by atoms with Crippen LogP contribution in [0.4, 0.5) is 0 Å². The van der Waals surface area contributed by atoms with Gasteiger partial charge in [0.05, 0.1) is 25.6 Å². The van der Waals surface area contributed by atoms with Crippen molar-refractivity contribution in [2.75, 3.05) is 40.3 Å². The summed E-state index contributed by atoms with van der Waals surface area (Å²) in [6.45, 7) is 5.25. The molecule has 1 saturated carbocycles. The largest absolute Gasteiger partial charge is 0.493 e. The summed E-state index contributed by atoms with van der Waals surface area (Å²) in [6, 6.07) is 10.1. The van der Waals surface area contributed by atoms with Crippen LogP contribution >= 0.6 is 11.6 Å². The Kier molecular flexibility index (Phi) is 13.1. The van der Waals surface area contributed by atoms with E-state index in [4.69, 9.17) is 21.1 Å². The van der Waals surface area contributed by atoms with Crippen LogP contribution in [-0.4, -0.2) is 90.9 Å². The number of rotatable bonds is 13. The number of hydrogen-bond donors (Lipinski definition) is 3. The zero-order valence-electron chi connectivity index (χ0n) is 32.1. The number of benzene rings is 2. The molecule has 54 heavy (non-hydrogen) atoms. The van der Waals surface area contributed by atoms with E-state index in [-0.39, 0.29) is 54.5 Å². The number of nitrogens with zero attached hydrogens (tertiary/aromatic N) is 2. The van der Waals surface area contributed by atoms with E-state index in [0.29, 0.717) is 54.1 Å². The first-order valence-electron chi connectivity index (χ1n) is 19.7. The number of likely N-dealkylation sites (tertiary alicyclic amines) is 2. The molecule has 4 amide bonds. The van der Waals surface area contributed by atoms with Crippen LogP contribution < -0.4 is 20.1 Å². The number of halogens is 1. The highest BCUT2D eigenvalue weighted by Crippen LogP contribution is 2.38. The maximum absolute atomic E-state index is 14.3.